The monoisotopic (exact) mass is 384 g/mol. The third-order valence-electron chi connectivity index (χ3n) is 4.51. The average Bonchev–Trinajstić information content (AvgIpc) is 2.87. The van der Waals surface area contributed by atoms with Crippen molar-refractivity contribution in [2.75, 3.05) is 18.0 Å². The van der Waals surface area contributed by atoms with Crippen LogP contribution in [-0.4, -0.2) is 53.1 Å². The number of anilines is 1. The van der Waals surface area contributed by atoms with Crippen LogP contribution in [0.4, 0.5) is 10.6 Å². The predicted molar refractivity (Wildman–Crippen MR) is 98.6 cm³/mol. The number of fused-ring (bicyclic) bond motifs is 1. The Labute approximate surface area is 154 Å². The van der Waals surface area contributed by atoms with Crippen LogP contribution in [0.3, 0.4) is 0 Å². The Morgan fingerprint density at radius 1 is 1.32 bits per heavy atom. The average molecular weight is 385 g/mol. The molecule has 0 aliphatic carbocycles. The zero-order chi connectivity index (χ0) is 18.4. The molecule has 1 N–H and O–H groups in total. The number of hydrogen-bond donors (Lipinski definition) is 1. The Hall–Kier alpha value is -1.38. The molecule has 0 spiro atoms. The van der Waals surface area contributed by atoms with Gasteiger partial charge in [0.25, 0.3) is 0 Å². The largest absolute Gasteiger partial charge is 0.465 e. The molecular formula is C16H25ClN4O3Si. The van der Waals surface area contributed by atoms with E-state index < -0.39 is 14.4 Å². The number of carbonyl (C=O) groups is 1. The highest BCUT2D eigenvalue weighted by atomic mass is 35.5. The summed E-state index contributed by atoms with van der Waals surface area (Å²) in [6.45, 7) is 10.9. The summed E-state index contributed by atoms with van der Waals surface area (Å²) in [5.74, 6) is 0.754. The van der Waals surface area contributed by atoms with Crippen LogP contribution in [-0.2, 0) is 17.5 Å². The molecule has 0 unspecified atom stereocenters. The van der Waals surface area contributed by atoms with E-state index in [1.807, 2.05) is 0 Å². The number of amides is 1. The van der Waals surface area contributed by atoms with Crippen LogP contribution >= 0.6 is 11.6 Å². The summed E-state index contributed by atoms with van der Waals surface area (Å²) in [6.07, 6.45) is 1.06. The van der Waals surface area contributed by atoms with E-state index in [0.717, 1.165) is 37.3 Å². The lowest BCUT2D eigenvalue weighted by molar-refractivity contribution is 0.0637. The molecule has 1 amide bonds. The van der Waals surface area contributed by atoms with Crippen molar-refractivity contribution in [3.8, 4) is 0 Å². The summed E-state index contributed by atoms with van der Waals surface area (Å²) in [5, 5.41) is 9.45. The molecule has 1 saturated heterocycles. The minimum Gasteiger partial charge on any atom is -0.465 e. The summed E-state index contributed by atoms with van der Waals surface area (Å²) in [4.78, 5) is 23.5. The minimum atomic E-state index is -1.68. The fraction of sp³-hybridized carbons (Fsp3) is 0.688. The van der Waals surface area contributed by atoms with E-state index in [4.69, 9.17) is 16.0 Å². The number of nitrogens with zero attached hydrogens (tertiary/aromatic N) is 4. The zero-order valence-electron chi connectivity index (χ0n) is 15.2. The second-order valence-electron chi connectivity index (χ2n) is 8.07. The number of rotatable bonds is 3. The maximum absolute atomic E-state index is 11.3. The van der Waals surface area contributed by atoms with E-state index in [1.54, 1.807) is 0 Å². The Bertz CT molecular complexity index is 697. The van der Waals surface area contributed by atoms with Crippen molar-refractivity contribution >= 4 is 31.8 Å². The van der Waals surface area contributed by atoms with Gasteiger partial charge >= 0.3 is 6.09 Å². The molecule has 1 atom stereocenters. The zero-order valence-corrected chi connectivity index (χ0v) is 16.9. The van der Waals surface area contributed by atoms with E-state index in [2.05, 4.69) is 41.4 Å². The van der Waals surface area contributed by atoms with E-state index in [9.17, 15) is 9.90 Å². The Morgan fingerprint density at radius 3 is 2.68 bits per heavy atom. The molecule has 3 rings (SSSR count). The Morgan fingerprint density at radius 2 is 2.04 bits per heavy atom. The summed E-state index contributed by atoms with van der Waals surface area (Å²) >= 11 is 6.11. The van der Waals surface area contributed by atoms with Crippen molar-refractivity contribution in [2.45, 2.75) is 58.1 Å². The van der Waals surface area contributed by atoms with Gasteiger partial charge in [-0.25, -0.2) is 14.8 Å². The van der Waals surface area contributed by atoms with Gasteiger partial charge in [0.05, 0.1) is 24.4 Å². The van der Waals surface area contributed by atoms with Crippen LogP contribution in [0.5, 0.6) is 0 Å². The third-order valence-corrected chi connectivity index (χ3v) is 5.79. The van der Waals surface area contributed by atoms with Crippen LogP contribution in [0.1, 0.15) is 31.0 Å². The summed E-state index contributed by atoms with van der Waals surface area (Å²) in [6, 6.07) is 0. The topological polar surface area (TPSA) is 78.8 Å². The smallest absolute Gasteiger partial charge is 0.407 e. The van der Waals surface area contributed by atoms with Gasteiger partial charge in [0.15, 0.2) is 8.32 Å². The van der Waals surface area contributed by atoms with Crippen molar-refractivity contribution in [1.29, 1.82) is 0 Å². The molecule has 1 aromatic rings. The van der Waals surface area contributed by atoms with Crippen LogP contribution in [0.15, 0.2) is 0 Å². The number of halogens is 1. The quantitative estimate of drug-likeness (QED) is 0.636. The van der Waals surface area contributed by atoms with Crippen LogP contribution in [0.2, 0.25) is 24.9 Å². The predicted octanol–water partition coefficient (Wildman–Crippen LogP) is 3.33. The third kappa shape index (κ3) is 4.07. The van der Waals surface area contributed by atoms with E-state index in [1.165, 1.54) is 4.90 Å². The van der Waals surface area contributed by atoms with Gasteiger partial charge in [0, 0.05) is 18.7 Å². The van der Waals surface area contributed by atoms with E-state index in [0.29, 0.717) is 12.2 Å². The van der Waals surface area contributed by atoms with Crippen molar-refractivity contribution in [3.63, 3.8) is 0 Å². The second-order valence-corrected chi connectivity index (χ2v) is 12.8. The van der Waals surface area contributed by atoms with Crippen molar-refractivity contribution < 1.29 is 14.3 Å². The van der Waals surface area contributed by atoms with E-state index >= 15 is 0 Å². The molecule has 0 saturated carbocycles. The lowest BCUT2D eigenvalue weighted by Crippen LogP contribution is -2.52. The molecule has 1 aromatic heterocycles. The molecule has 3 heterocycles. The number of aromatic nitrogens is 2. The molecule has 2 aliphatic heterocycles. The lowest BCUT2D eigenvalue weighted by atomic mass is 9.95. The lowest BCUT2D eigenvalue weighted by Gasteiger charge is -2.44. The van der Waals surface area contributed by atoms with Crippen LogP contribution in [0.25, 0.3) is 0 Å². The van der Waals surface area contributed by atoms with Gasteiger partial charge in [-0.15, -0.1) is 0 Å². The summed E-state index contributed by atoms with van der Waals surface area (Å²) in [7, 11) is -1.68. The highest BCUT2D eigenvalue weighted by Crippen LogP contribution is 2.35. The molecule has 138 valence electrons. The van der Waals surface area contributed by atoms with Crippen LogP contribution < -0.4 is 4.90 Å². The summed E-state index contributed by atoms with van der Waals surface area (Å²) < 4.78 is 6.44. The number of carboxylic acid groups (broad SMARTS) is 1. The fourth-order valence-corrected chi connectivity index (χ4v) is 5.64. The van der Waals surface area contributed by atoms with Gasteiger partial charge in [-0.05, 0) is 51.0 Å². The molecule has 7 nitrogen and oxygen atoms in total. The SMILES string of the molecule is C[C@]1(O[Si](C)(C)C)CCCN(c2nc(Cl)nc3c2CN(C(=O)O)C3)C1. The molecule has 0 bridgehead atoms. The molecule has 9 heteroatoms. The first-order valence-corrected chi connectivity index (χ1v) is 12.3. The first-order chi connectivity index (χ1) is 11.6. The Balaban J connectivity index is 1.89. The molecule has 0 aromatic carbocycles. The molecular weight excluding hydrogens is 360 g/mol. The van der Waals surface area contributed by atoms with Crippen LogP contribution in [0, 0.1) is 0 Å². The Kier molecular flexibility index (Phi) is 4.72. The minimum absolute atomic E-state index is 0.166. The first kappa shape index (κ1) is 18.4. The summed E-state index contributed by atoms with van der Waals surface area (Å²) in [5.41, 5.74) is 1.35. The second kappa shape index (κ2) is 6.41. The first-order valence-electron chi connectivity index (χ1n) is 8.55. The normalized spacial score (nSPS) is 23.7. The van der Waals surface area contributed by atoms with E-state index in [-0.39, 0.29) is 17.4 Å². The van der Waals surface area contributed by atoms with Gasteiger partial charge in [-0.1, -0.05) is 0 Å². The maximum atomic E-state index is 11.3. The molecule has 1 fully saturated rings. The van der Waals surface area contributed by atoms with Crippen molar-refractivity contribution in [2.24, 2.45) is 0 Å². The number of piperidine rings is 1. The highest BCUT2D eigenvalue weighted by Gasteiger charge is 2.38. The molecule has 25 heavy (non-hydrogen) atoms. The van der Waals surface area contributed by atoms with Gasteiger partial charge < -0.3 is 14.4 Å². The standard InChI is InChI=1S/C16H25ClN4O3Si/c1-16(24-25(2,3)4)6-5-7-20(10-16)13-11-8-21(15(22)23)9-12(11)18-14(17)19-13/h5-10H2,1-4H3,(H,22,23)/t16-/m0/s1. The van der Waals surface area contributed by atoms with Crippen molar-refractivity contribution in [1.82, 2.24) is 14.9 Å². The van der Waals surface area contributed by atoms with Crippen molar-refractivity contribution in [3.05, 3.63) is 16.5 Å². The fourth-order valence-electron chi connectivity index (χ4n) is 3.81. The number of hydrogen-bond acceptors (Lipinski definition) is 5. The van der Waals surface area contributed by atoms with Gasteiger partial charge in [0.1, 0.15) is 5.82 Å². The molecule has 2 aliphatic rings. The van der Waals surface area contributed by atoms with Gasteiger partial charge in [-0.3, -0.25) is 4.90 Å². The molecule has 0 radical (unpaired) electrons. The van der Waals surface area contributed by atoms with Gasteiger partial charge in [-0.2, -0.15) is 0 Å². The van der Waals surface area contributed by atoms with Gasteiger partial charge in [0.2, 0.25) is 5.28 Å². The highest BCUT2D eigenvalue weighted by molar-refractivity contribution is 6.69. The maximum Gasteiger partial charge on any atom is 0.407 e.